The molecule has 0 aliphatic heterocycles. The first kappa shape index (κ1) is 12.0. The van der Waals surface area contributed by atoms with Crippen molar-refractivity contribution < 1.29 is 0 Å². The summed E-state index contributed by atoms with van der Waals surface area (Å²) < 4.78 is 0. The fourth-order valence-corrected chi connectivity index (χ4v) is 1.33. The van der Waals surface area contributed by atoms with Gasteiger partial charge in [-0.2, -0.15) is 0 Å². The third-order valence-electron chi connectivity index (χ3n) is 2.42. The molecule has 0 aromatic carbocycles. The van der Waals surface area contributed by atoms with Crippen molar-refractivity contribution in [2.45, 2.75) is 45.9 Å². The van der Waals surface area contributed by atoms with Crippen LogP contribution in [0.4, 0.5) is 0 Å². The van der Waals surface area contributed by atoms with Crippen molar-refractivity contribution in [2.75, 3.05) is 0 Å². The molecule has 0 saturated heterocycles. The van der Waals surface area contributed by atoms with E-state index in [4.69, 9.17) is 11.6 Å². The minimum atomic E-state index is -0.0736. The van der Waals surface area contributed by atoms with E-state index in [1.807, 2.05) is 0 Å². The van der Waals surface area contributed by atoms with Gasteiger partial charge >= 0.3 is 0 Å². The molecule has 0 saturated carbocycles. The zero-order chi connectivity index (χ0) is 9.78. The highest BCUT2D eigenvalue weighted by atomic mass is 35.5. The molecule has 0 nitrogen and oxygen atoms in total. The van der Waals surface area contributed by atoms with Crippen LogP contribution in [0, 0.1) is 11.8 Å². The van der Waals surface area contributed by atoms with E-state index in [1.165, 1.54) is 6.42 Å². The Morgan fingerprint density at radius 3 is 2.17 bits per heavy atom. The van der Waals surface area contributed by atoms with E-state index in [2.05, 4.69) is 46.8 Å². The fourth-order valence-electron chi connectivity index (χ4n) is 1.25. The molecule has 2 unspecified atom stereocenters. The lowest BCUT2D eigenvalue weighted by Gasteiger charge is -2.26. The molecule has 12 heavy (non-hydrogen) atoms. The summed E-state index contributed by atoms with van der Waals surface area (Å²) >= 11 is 6.20. The van der Waals surface area contributed by atoms with Gasteiger partial charge in [-0.3, -0.25) is 0 Å². The van der Waals surface area contributed by atoms with Gasteiger partial charge in [-0.1, -0.05) is 26.0 Å². The Morgan fingerprint density at radius 1 is 1.33 bits per heavy atom. The number of hydrogen-bond acceptors (Lipinski definition) is 0. The summed E-state index contributed by atoms with van der Waals surface area (Å²) in [6, 6.07) is 0. The van der Waals surface area contributed by atoms with Gasteiger partial charge in [-0.05, 0) is 39.0 Å². The normalized spacial score (nSPS) is 18.2. The summed E-state index contributed by atoms with van der Waals surface area (Å²) in [5.74, 6) is 1.20. The summed E-state index contributed by atoms with van der Waals surface area (Å²) in [6.45, 7) is 10.7. The average Bonchev–Trinajstić information content (AvgIpc) is 1.85. The Morgan fingerprint density at radius 2 is 1.83 bits per heavy atom. The predicted octanol–water partition coefficient (Wildman–Crippen LogP) is 4.24. The van der Waals surface area contributed by atoms with Crippen LogP contribution in [0.25, 0.3) is 0 Å². The molecule has 0 aliphatic rings. The molecular weight excluding hydrogens is 168 g/mol. The second kappa shape index (κ2) is 4.91. The molecule has 0 amide bonds. The molecular formula is C11H21Cl. The number of allylic oxidation sites excluding steroid dienone is 2. The standard InChI is InChI=1S/C11H21Cl/c1-6-7-9(2)8-10(3)11(4,5)12/h6-7,9-10H,8H2,1-5H3/b7-6+. The van der Waals surface area contributed by atoms with E-state index in [0.29, 0.717) is 11.8 Å². The van der Waals surface area contributed by atoms with E-state index < -0.39 is 0 Å². The second-order valence-corrected chi connectivity index (χ2v) is 5.18. The lowest BCUT2D eigenvalue weighted by molar-refractivity contribution is 0.384. The molecule has 0 bridgehead atoms. The lowest BCUT2D eigenvalue weighted by Crippen LogP contribution is -2.23. The lowest BCUT2D eigenvalue weighted by atomic mass is 9.88. The molecule has 0 aromatic rings. The molecule has 72 valence electrons. The molecule has 0 N–H and O–H groups in total. The quantitative estimate of drug-likeness (QED) is 0.457. The highest BCUT2D eigenvalue weighted by molar-refractivity contribution is 6.23. The maximum atomic E-state index is 6.20. The zero-order valence-corrected chi connectivity index (χ0v) is 9.65. The van der Waals surface area contributed by atoms with Crippen LogP contribution in [0.3, 0.4) is 0 Å². The molecule has 1 heteroatoms. The van der Waals surface area contributed by atoms with Gasteiger partial charge in [0.1, 0.15) is 0 Å². The van der Waals surface area contributed by atoms with Crippen molar-refractivity contribution >= 4 is 11.6 Å². The van der Waals surface area contributed by atoms with Gasteiger partial charge in [0.2, 0.25) is 0 Å². The number of rotatable bonds is 4. The third-order valence-corrected chi connectivity index (χ3v) is 2.79. The summed E-state index contributed by atoms with van der Waals surface area (Å²) in [7, 11) is 0. The Labute approximate surface area is 82.0 Å². The first-order chi connectivity index (χ1) is 5.38. The van der Waals surface area contributed by atoms with Crippen molar-refractivity contribution in [1.82, 2.24) is 0 Å². The van der Waals surface area contributed by atoms with E-state index >= 15 is 0 Å². The molecule has 0 rings (SSSR count). The Kier molecular flexibility index (Phi) is 4.92. The molecule has 0 heterocycles. The van der Waals surface area contributed by atoms with Crippen LogP contribution in [-0.4, -0.2) is 4.87 Å². The summed E-state index contributed by atoms with van der Waals surface area (Å²) in [6.07, 6.45) is 5.51. The Hall–Kier alpha value is 0.0300. The molecule has 0 fully saturated rings. The number of halogens is 1. The van der Waals surface area contributed by atoms with Crippen molar-refractivity contribution in [3.05, 3.63) is 12.2 Å². The van der Waals surface area contributed by atoms with E-state index in [0.717, 1.165) is 0 Å². The Balaban J connectivity index is 3.92. The molecule has 2 atom stereocenters. The largest absolute Gasteiger partial charge is 0.120 e. The maximum absolute atomic E-state index is 6.20. The van der Waals surface area contributed by atoms with Crippen LogP contribution in [-0.2, 0) is 0 Å². The third kappa shape index (κ3) is 4.82. The van der Waals surface area contributed by atoms with Gasteiger partial charge in [0.15, 0.2) is 0 Å². The van der Waals surface area contributed by atoms with Crippen LogP contribution >= 0.6 is 11.6 Å². The van der Waals surface area contributed by atoms with Crippen LogP contribution < -0.4 is 0 Å². The predicted molar refractivity (Wildman–Crippen MR) is 57.7 cm³/mol. The van der Waals surface area contributed by atoms with E-state index in [9.17, 15) is 0 Å². The topological polar surface area (TPSA) is 0 Å². The average molecular weight is 189 g/mol. The Bertz CT molecular complexity index is 142. The molecule has 0 aromatic heterocycles. The molecule has 0 aliphatic carbocycles. The highest BCUT2D eigenvalue weighted by Gasteiger charge is 2.23. The van der Waals surface area contributed by atoms with Gasteiger partial charge in [0.25, 0.3) is 0 Å². The highest BCUT2D eigenvalue weighted by Crippen LogP contribution is 2.29. The van der Waals surface area contributed by atoms with Crippen LogP contribution in [0.2, 0.25) is 0 Å². The van der Waals surface area contributed by atoms with Gasteiger partial charge in [-0.15, -0.1) is 11.6 Å². The van der Waals surface area contributed by atoms with Crippen molar-refractivity contribution in [1.29, 1.82) is 0 Å². The first-order valence-corrected chi connectivity index (χ1v) is 5.07. The number of alkyl halides is 1. The summed E-state index contributed by atoms with van der Waals surface area (Å²) in [4.78, 5) is -0.0736. The van der Waals surface area contributed by atoms with Gasteiger partial charge in [0.05, 0.1) is 0 Å². The summed E-state index contributed by atoms with van der Waals surface area (Å²) in [5, 5.41) is 0. The van der Waals surface area contributed by atoms with Gasteiger partial charge in [0, 0.05) is 4.87 Å². The monoisotopic (exact) mass is 188 g/mol. The first-order valence-electron chi connectivity index (χ1n) is 4.69. The van der Waals surface area contributed by atoms with Crippen molar-refractivity contribution in [2.24, 2.45) is 11.8 Å². The smallest absolute Gasteiger partial charge is 0.0416 e. The molecule has 0 spiro atoms. The van der Waals surface area contributed by atoms with Crippen LogP contribution in [0.15, 0.2) is 12.2 Å². The molecule has 0 radical (unpaired) electrons. The van der Waals surface area contributed by atoms with Crippen LogP contribution in [0.5, 0.6) is 0 Å². The maximum Gasteiger partial charge on any atom is 0.0416 e. The second-order valence-electron chi connectivity index (χ2n) is 4.20. The van der Waals surface area contributed by atoms with E-state index in [-0.39, 0.29) is 4.87 Å². The van der Waals surface area contributed by atoms with Gasteiger partial charge < -0.3 is 0 Å². The SMILES string of the molecule is C/C=C/C(C)CC(C)C(C)(C)Cl. The van der Waals surface area contributed by atoms with Crippen molar-refractivity contribution in [3.63, 3.8) is 0 Å². The minimum absolute atomic E-state index is 0.0736. The zero-order valence-electron chi connectivity index (χ0n) is 8.89. The van der Waals surface area contributed by atoms with E-state index in [1.54, 1.807) is 0 Å². The number of hydrogen-bond donors (Lipinski definition) is 0. The minimum Gasteiger partial charge on any atom is -0.120 e. The van der Waals surface area contributed by atoms with Gasteiger partial charge in [-0.25, -0.2) is 0 Å². The fraction of sp³-hybridized carbons (Fsp3) is 0.818. The summed E-state index contributed by atoms with van der Waals surface area (Å²) in [5.41, 5.74) is 0. The van der Waals surface area contributed by atoms with Crippen molar-refractivity contribution in [3.8, 4) is 0 Å². The van der Waals surface area contributed by atoms with Crippen LogP contribution in [0.1, 0.15) is 41.0 Å².